The summed E-state index contributed by atoms with van der Waals surface area (Å²) >= 11 is 0. The first kappa shape index (κ1) is 12.5. The first-order valence-electron chi connectivity index (χ1n) is 6.45. The number of piperazine rings is 1. The molecule has 1 aliphatic heterocycles. The van der Waals surface area contributed by atoms with Gasteiger partial charge in [-0.15, -0.1) is 0 Å². The number of rotatable bonds is 4. The van der Waals surface area contributed by atoms with E-state index in [0.717, 1.165) is 37.8 Å². The van der Waals surface area contributed by atoms with Crippen LogP contribution in [0.1, 0.15) is 32.0 Å². The Morgan fingerprint density at radius 1 is 1.53 bits per heavy atom. The highest BCUT2D eigenvalue weighted by molar-refractivity contribution is 4.88. The van der Waals surface area contributed by atoms with Gasteiger partial charge in [0.25, 0.3) is 0 Å². The third kappa shape index (κ3) is 3.26. The monoisotopic (exact) mass is 238 g/mol. The maximum Gasteiger partial charge on any atom is 0.227 e. The van der Waals surface area contributed by atoms with Gasteiger partial charge in [0.1, 0.15) is 0 Å². The molecule has 2 atom stereocenters. The van der Waals surface area contributed by atoms with Crippen molar-refractivity contribution in [2.75, 3.05) is 19.6 Å². The SMILES string of the molecule is CCC1CNC(C)CN1CCc1nc(C)no1. The lowest BCUT2D eigenvalue weighted by atomic mass is 10.1. The Labute approximate surface area is 103 Å². The number of aromatic nitrogens is 2. The molecule has 2 rings (SSSR count). The summed E-state index contributed by atoms with van der Waals surface area (Å²) in [7, 11) is 0. The number of nitrogens with one attached hydrogen (secondary N) is 1. The summed E-state index contributed by atoms with van der Waals surface area (Å²) in [6.45, 7) is 9.52. The molecule has 0 aliphatic carbocycles. The zero-order valence-electron chi connectivity index (χ0n) is 10.9. The quantitative estimate of drug-likeness (QED) is 0.848. The Balaban J connectivity index is 1.87. The lowest BCUT2D eigenvalue weighted by molar-refractivity contribution is 0.130. The van der Waals surface area contributed by atoms with Crippen molar-refractivity contribution >= 4 is 0 Å². The molecule has 0 saturated carbocycles. The van der Waals surface area contributed by atoms with E-state index in [1.54, 1.807) is 0 Å². The van der Waals surface area contributed by atoms with E-state index in [1.165, 1.54) is 6.42 Å². The van der Waals surface area contributed by atoms with Gasteiger partial charge >= 0.3 is 0 Å². The Hall–Kier alpha value is -0.940. The normalized spacial score (nSPS) is 26.3. The summed E-state index contributed by atoms with van der Waals surface area (Å²) in [6.07, 6.45) is 2.03. The second kappa shape index (κ2) is 5.60. The van der Waals surface area contributed by atoms with Crippen molar-refractivity contribution in [2.45, 2.75) is 45.7 Å². The van der Waals surface area contributed by atoms with Crippen LogP contribution in [-0.4, -0.2) is 46.8 Å². The molecule has 17 heavy (non-hydrogen) atoms. The summed E-state index contributed by atoms with van der Waals surface area (Å²) in [5.41, 5.74) is 0. The van der Waals surface area contributed by atoms with E-state index in [2.05, 4.69) is 34.2 Å². The molecule has 2 unspecified atom stereocenters. The predicted octanol–water partition coefficient (Wildman–Crippen LogP) is 0.993. The number of nitrogens with zero attached hydrogens (tertiary/aromatic N) is 3. The van der Waals surface area contributed by atoms with Crippen molar-refractivity contribution in [1.82, 2.24) is 20.4 Å². The van der Waals surface area contributed by atoms with Gasteiger partial charge in [0.15, 0.2) is 5.82 Å². The second-order valence-electron chi connectivity index (χ2n) is 4.85. The topological polar surface area (TPSA) is 54.2 Å². The van der Waals surface area contributed by atoms with Gasteiger partial charge in [0.05, 0.1) is 0 Å². The fourth-order valence-electron chi connectivity index (χ4n) is 2.39. The molecule has 1 fully saturated rings. The zero-order valence-corrected chi connectivity index (χ0v) is 10.9. The molecule has 1 aromatic rings. The average molecular weight is 238 g/mol. The van der Waals surface area contributed by atoms with Crippen LogP contribution in [0, 0.1) is 6.92 Å². The van der Waals surface area contributed by atoms with E-state index in [0.29, 0.717) is 12.1 Å². The molecule has 0 bridgehead atoms. The molecule has 0 aromatic carbocycles. The molecule has 1 aliphatic rings. The van der Waals surface area contributed by atoms with E-state index in [-0.39, 0.29) is 0 Å². The van der Waals surface area contributed by atoms with Gasteiger partial charge < -0.3 is 9.84 Å². The van der Waals surface area contributed by atoms with Crippen LogP contribution in [0.4, 0.5) is 0 Å². The molecule has 1 aromatic heterocycles. The van der Waals surface area contributed by atoms with Gasteiger partial charge in [-0.3, -0.25) is 4.90 Å². The van der Waals surface area contributed by atoms with Crippen LogP contribution in [0.25, 0.3) is 0 Å². The van der Waals surface area contributed by atoms with E-state index in [9.17, 15) is 0 Å². The van der Waals surface area contributed by atoms with E-state index >= 15 is 0 Å². The first-order valence-corrected chi connectivity index (χ1v) is 6.45. The van der Waals surface area contributed by atoms with Gasteiger partial charge in [-0.05, 0) is 20.3 Å². The van der Waals surface area contributed by atoms with Crippen molar-refractivity contribution < 1.29 is 4.52 Å². The van der Waals surface area contributed by atoms with Gasteiger partial charge in [0, 0.05) is 38.1 Å². The van der Waals surface area contributed by atoms with Crippen molar-refractivity contribution in [3.63, 3.8) is 0 Å². The van der Waals surface area contributed by atoms with Crippen LogP contribution in [0.15, 0.2) is 4.52 Å². The molecule has 1 N–H and O–H groups in total. The van der Waals surface area contributed by atoms with E-state index in [1.807, 2.05) is 6.92 Å². The molecule has 1 saturated heterocycles. The third-order valence-electron chi connectivity index (χ3n) is 3.38. The maximum absolute atomic E-state index is 5.15. The Bertz CT molecular complexity index is 352. The Morgan fingerprint density at radius 3 is 3.00 bits per heavy atom. The number of aryl methyl sites for hydroxylation is 1. The lowest BCUT2D eigenvalue weighted by Gasteiger charge is -2.38. The molecule has 5 nitrogen and oxygen atoms in total. The van der Waals surface area contributed by atoms with Crippen molar-refractivity contribution in [3.05, 3.63) is 11.7 Å². The van der Waals surface area contributed by atoms with Crippen LogP contribution in [0.5, 0.6) is 0 Å². The molecule has 0 radical (unpaired) electrons. The summed E-state index contributed by atoms with van der Waals surface area (Å²) < 4.78 is 5.15. The minimum Gasteiger partial charge on any atom is -0.339 e. The zero-order chi connectivity index (χ0) is 12.3. The highest BCUT2D eigenvalue weighted by Crippen LogP contribution is 2.11. The maximum atomic E-state index is 5.15. The van der Waals surface area contributed by atoms with Crippen LogP contribution in [0.2, 0.25) is 0 Å². The van der Waals surface area contributed by atoms with Crippen LogP contribution in [0.3, 0.4) is 0 Å². The molecule has 0 amide bonds. The minimum absolute atomic E-state index is 0.572. The number of hydrogen-bond donors (Lipinski definition) is 1. The molecular weight excluding hydrogens is 216 g/mol. The molecule has 96 valence electrons. The van der Waals surface area contributed by atoms with Crippen molar-refractivity contribution in [2.24, 2.45) is 0 Å². The highest BCUT2D eigenvalue weighted by Gasteiger charge is 2.24. The average Bonchev–Trinajstić information content (AvgIpc) is 2.73. The largest absolute Gasteiger partial charge is 0.339 e. The third-order valence-corrected chi connectivity index (χ3v) is 3.38. The summed E-state index contributed by atoms with van der Waals surface area (Å²) in [6, 6.07) is 1.21. The Kier molecular flexibility index (Phi) is 4.12. The van der Waals surface area contributed by atoms with Crippen molar-refractivity contribution in [3.8, 4) is 0 Å². The van der Waals surface area contributed by atoms with Gasteiger partial charge in [-0.25, -0.2) is 0 Å². The van der Waals surface area contributed by atoms with Crippen molar-refractivity contribution in [1.29, 1.82) is 0 Å². The first-order chi connectivity index (χ1) is 8.19. The van der Waals surface area contributed by atoms with Crippen LogP contribution < -0.4 is 5.32 Å². The van der Waals surface area contributed by atoms with E-state index in [4.69, 9.17) is 4.52 Å². The molecule has 2 heterocycles. The second-order valence-corrected chi connectivity index (χ2v) is 4.85. The molecule has 5 heteroatoms. The standard InChI is InChI=1S/C12H22N4O/c1-4-11-7-13-9(2)8-16(11)6-5-12-14-10(3)15-17-12/h9,11,13H,4-8H2,1-3H3. The Morgan fingerprint density at radius 2 is 2.35 bits per heavy atom. The smallest absolute Gasteiger partial charge is 0.227 e. The highest BCUT2D eigenvalue weighted by atomic mass is 16.5. The summed E-state index contributed by atoms with van der Waals surface area (Å²) in [4.78, 5) is 6.77. The van der Waals surface area contributed by atoms with E-state index < -0.39 is 0 Å². The molecular formula is C12H22N4O. The van der Waals surface area contributed by atoms with Crippen LogP contribution in [-0.2, 0) is 6.42 Å². The minimum atomic E-state index is 0.572. The summed E-state index contributed by atoms with van der Waals surface area (Å²) in [5.74, 6) is 1.48. The number of hydrogen-bond acceptors (Lipinski definition) is 5. The van der Waals surface area contributed by atoms with Gasteiger partial charge in [-0.2, -0.15) is 4.98 Å². The fourth-order valence-corrected chi connectivity index (χ4v) is 2.39. The van der Waals surface area contributed by atoms with Gasteiger partial charge in [-0.1, -0.05) is 12.1 Å². The molecule has 0 spiro atoms. The fraction of sp³-hybridized carbons (Fsp3) is 0.833. The van der Waals surface area contributed by atoms with Gasteiger partial charge in [0.2, 0.25) is 5.89 Å². The predicted molar refractivity (Wildman–Crippen MR) is 65.9 cm³/mol. The van der Waals surface area contributed by atoms with Crippen LogP contribution >= 0.6 is 0 Å². The summed E-state index contributed by atoms with van der Waals surface area (Å²) in [5, 5.41) is 7.34. The lowest BCUT2D eigenvalue weighted by Crippen LogP contribution is -2.55.